The quantitative estimate of drug-likeness (QED) is 0.620. The van der Waals surface area contributed by atoms with Crippen LogP contribution >= 0.6 is 11.6 Å². The first-order valence-electron chi connectivity index (χ1n) is 2.83. The SMILES string of the molecule is NS(=O)(=O)c1ccc(Cl)[nH]c1=O. The van der Waals surface area contributed by atoms with Gasteiger partial charge >= 0.3 is 0 Å². The van der Waals surface area contributed by atoms with Crippen LogP contribution in [0.4, 0.5) is 0 Å². The predicted octanol–water partition coefficient (Wildman–Crippen LogP) is -0.324. The molecule has 0 radical (unpaired) electrons. The fourth-order valence-corrected chi connectivity index (χ4v) is 1.38. The lowest BCUT2D eigenvalue weighted by atomic mass is 10.5. The minimum atomic E-state index is -3.95. The number of pyridine rings is 1. The van der Waals surface area contributed by atoms with Crippen LogP contribution in [-0.2, 0) is 10.0 Å². The van der Waals surface area contributed by atoms with E-state index in [2.05, 4.69) is 4.98 Å². The van der Waals surface area contributed by atoms with Crippen molar-refractivity contribution in [2.75, 3.05) is 0 Å². The standard InChI is InChI=1S/C5H5ClN2O3S/c6-4-2-1-3(5(9)8-4)12(7,10)11/h1-2H,(H,8,9)(H2,7,10,11). The summed E-state index contributed by atoms with van der Waals surface area (Å²) >= 11 is 5.38. The van der Waals surface area contributed by atoms with Crippen molar-refractivity contribution in [1.82, 2.24) is 4.98 Å². The van der Waals surface area contributed by atoms with Gasteiger partial charge in [-0.05, 0) is 12.1 Å². The number of hydrogen-bond donors (Lipinski definition) is 2. The molecule has 1 aromatic rings. The van der Waals surface area contributed by atoms with E-state index in [9.17, 15) is 13.2 Å². The summed E-state index contributed by atoms with van der Waals surface area (Å²) in [5.41, 5.74) is -0.815. The molecule has 0 aliphatic rings. The lowest BCUT2D eigenvalue weighted by Crippen LogP contribution is -2.22. The van der Waals surface area contributed by atoms with Crippen molar-refractivity contribution in [3.8, 4) is 0 Å². The molecule has 0 spiro atoms. The maximum Gasteiger partial charge on any atom is 0.269 e. The van der Waals surface area contributed by atoms with E-state index >= 15 is 0 Å². The monoisotopic (exact) mass is 208 g/mol. The summed E-state index contributed by atoms with van der Waals surface area (Å²) in [6.07, 6.45) is 0. The Hall–Kier alpha value is -0.850. The van der Waals surface area contributed by atoms with Gasteiger partial charge in [0.2, 0.25) is 10.0 Å². The molecular formula is C5H5ClN2O3S. The van der Waals surface area contributed by atoms with Crippen molar-refractivity contribution in [3.63, 3.8) is 0 Å². The molecule has 66 valence electrons. The van der Waals surface area contributed by atoms with Crippen LogP contribution in [0.15, 0.2) is 21.8 Å². The maximum absolute atomic E-state index is 10.9. The smallest absolute Gasteiger partial charge is 0.269 e. The molecule has 0 unspecified atom stereocenters. The van der Waals surface area contributed by atoms with Gasteiger partial charge in [-0.25, -0.2) is 13.6 Å². The molecule has 0 aliphatic heterocycles. The minimum Gasteiger partial charge on any atom is -0.312 e. The Morgan fingerprint density at radius 3 is 2.42 bits per heavy atom. The van der Waals surface area contributed by atoms with Gasteiger partial charge in [-0.1, -0.05) is 11.6 Å². The third kappa shape index (κ3) is 1.84. The zero-order valence-electron chi connectivity index (χ0n) is 5.74. The molecule has 1 rings (SSSR count). The Bertz CT molecular complexity index is 450. The number of halogens is 1. The molecule has 0 atom stereocenters. The molecule has 0 fully saturated rings. The molecule has 7 heteroatoms. The van der Waals surface area contributed by atoms with Gasteiger partial charge in [-0.15, -0.1) is 0 Å². The fraction of sp³-hybridized carbons (Fsp3) is 0. The van der Waals surface area contributed by atoms with Gasteiger partial charge in [0.25, 0.3) is 5.56 Å². The molecule has 0 aromatic carbocycles. The van der Waals surface area contributed by atoms with Gasteiger partial charge in [-0.3, -0.25) is 4.79 Å². The van der Waals surface area contributed by atoms with Crippen LogP contribution < -0.4 is 10.7 Å². The molecule has 3 N–H and O–H groups in total. The average Bonchev–Trinajstić information content (AvgIpc) is 1.83. The number of nitrogens with one attached hydrogen (secondary N) is 1. The summed E-state index contributed by atoms with van der Waals surface area (Å²) in [7, 11) is -3.95. The first kappa shape index (κ1) is 9.24. The van der Waals surface area contributed by atoms with Crippen LogP contribution in [0, 0.1) is 0 Å². The lowest BCUT2D eigenvalue weighted by molar-refractivity contribution is 0.596. The van der Waals surface area contributed by atoms with E-state index in [-0.39, 0.29) is 5.15 Å². The van der Waals surface area contributed by atoms with Crippen LogP contribution in [-0.4, -0.2) is 13.4 Å². The van der Waals surface area contributed by atoms with Gasteiger partial charge in [0.15, 0.2) is 0 Å². The number of sulfonamides is 1. The number of rotatable bonds is 1. The van der Waals surface area contributed by atoms with Crippen molar-refractivity contribution >= 4 is 21.6 Å². The number of aromatic amines is 1. The van der Waals surface area contributed by atoms with E-state index in [4.69, 9.17) is 16.7 Å². The molecular weight excluding hydrogens is 204 g/mol. The first-order valence-corrected chi connectivity index (χ1v) is 4.75. The Balaban J connectivity index is 3.50. The molecule has 0 saturated carbocycles. The fourth-order valence-electron chi connectivity index (χ4n) is 0.660. The van der Waals surface area contributed by atoms with Crippen LogP contribution in [0.1, 0.15) is 0 Å². The Kier molecular flexibility index (Phi) is 2.22. The third-order valence-electron chi connectivity index (χ3n) is 1.14. The summed E-state index contributed by atoms with van der Waals surface area (Å²) in [5, 5.41) is 4.78. The highest BCUT2D eigenvalue weighted by molar-refractivity contribution is 7.89. The average molecular weight is 209 g/mol. The summed E-state index contributed by atoms with van der Waals surface area (Å²) in [6.45, 7) is 0. The van der Waals surface area contributed by atoms with Crippen molar-refractivity contribution in [3.05, 3.63) is 27.6 Å². The van der Waals surface area contributed by atoms with Crippen LogP contribution in [0.25, 0.3) is 0 Å². The van der Waals surface area contributed by atoms with Crippen LogP contribution in [0.3, 0.4) is 0 Å². The Labute approximate surface area is 73.2 Å². The van der Waals surface area contributed by atoms with Crippen molar-refractivity contribution in [2.45, 2.75) is 4.90 Å². The molecule has 1 aromatic heterocycles. The normalized spacial score (nSPS) is 11.5. The second-order valence-corrected chi connectivity index (χ2v) is 3.98. The van der Waals surface area contributed by atoms with Gasteiger partial charge in [0.05, 0.1) is 0 Å². The van der Waals surface area contributed by atoms with Crippen molar-refractivity contribution in [2.24, 2.45) is 5.14 Å². The number of hydrogen-bond acceptors (Lipinski definition) is 3. The van der Waals surface area contributed by atoms with Crippen LogP contribution in [0.2, 0.25) is 5.15 Å². The van der Waals surface area contributed by atoms with Crippen LogP contribution in [0.5, 0.6) is 0 Å². The summed E-state index contributed by atoms with van der Waals surface area (Å²) < 4.78 is 21.4. The third-order valence-corrected chi connectivity index (χ3v) is 2.30. The Morgan fingerprint density at radius 2 is 2.00 bits per heavy atom. The molecule has 12 heavy (non-hydrogen) atoms. The molecule has 0 amide bonds. The van der Waals surface area contributed by atoms with Crippen molar-refractivity contribution in [1.29, 1.82) is 0 Å². The summed E-state index contributed by atoms with van der Waals surface area (Å²) in [4.78, 5) is 12.5. The number of H-pyrrole nitrogens is 1. The van der Waals surface area contributed by atoms with E-state index in [0.29, 0.717) is 0 Å². The van der Waals surface area contributed by atoms with E-state index in [1.54, 1.807) is 0 Å². The van der Waals surface area contributed by atoms with E-state index < -0.39 is 20.5 Å². The molecule has 0 bridgehead atoms. The lowest BCUT2D eigenvalue weighted by Gasteiger charge is -1.95. The van der Waals surface area contributed by atoms with Gasteiger partial charge in [0.1, 0.15) is 10.0 Å². The minimum absolute atomic E-state index is 0.0624. The summed E-state index contributed by atoms with van der Waals surface area (Å²) in [6, 6.07) is 2.29. The number of nitrogens with two attached hydrogens (primary N) is 1. The topological polar surface area (TPSA) is 93.0 Å². The second-order valence-electron chi connectivity index (χ2n) is 2.04. The molecule has 0 aliphatic carbocycles. The second kappa shape index (κ2) is 2.89. The zero-order valence-corrected chi connectivity index (χ0v) is 7.32. The summed E-state index contributed by atoms with van der Waals surface area (Å²) in [5.74, 6) is 0. The van der Waals surface area contributed by atoms with Gasteiger partial charge < -0.3 is 4.98 Å². The highest BCUT2D eigenvalue weighted by Crippen LogP contribution is 2.03. The number of primary sulfonamides is 1. The zero-order chi connectivity index (χ0) is 9.35. The van der Waals surface area contributed by atoms with E-state index in [1.165, 1.54) is 6.07 Å². The largest absolute Gasteiger partial charge is 0.312 e. The van der Waals surface area contributed by atoms with Gasteiger partial charge in [-0.2, -0.15) is 0 Å². The van der Waals surface area contributed by atoms with Crippen molar-refractivity contribution < 1.29 is 8.42 Å². The molecule has 1 heterocycles. The highest BCUT2D eigenvalue weighted by Gasteiger charge is 2.11. The molecule has 0 saturated heterocycles. The first-order chi connectivity index (χ1) is 5.41. The van der Waals surface area contributed by atoms with Gasteiger partial charge in [0, 0.05) is 0 Å². The maximum atomic E-state index is 10.9. The Morgan fingerprint density at radius 1 is 1.42 bits per heavy atom. The van der Waals surface area contributed by atoms with E-state index in [0.717, 1.165) is 6.07 Å². The number of aromatic nitrogens is 1. The molecule has 5 nitrogen and oxygen atoms in total. The highest BCUT2D eigenvalue weighted by atomic mass is 35.5. The predicted molar refractivity (Wildman–Crippen MR) is 43.4 cm³/mol. The van der Waals surface area contributed by atoms with E-state index in [1.807, 2.05) is 0 Å².